The van der Waals surface area contributed by atoms with Crippen LogP contribution in [0.2, 0.25) is 0 Å². The zero-order valence-electron chi connectivity index (χ0n) is 4.12. The van der Waals surface area contributed by atoms with E-state index in [1.165, 1.54) is 12.3 Å². The van der Waals surface area contributed by atoms with E-state index in [1.807, 2.05) is 0 Å². The van der Waals surface area contributed by atoms with Gasteiger partial charge in [-0.15, -0.1) is 0 Å². The minimum atomic E-state index is -0.233. The van der Waals surface area contributed by atoms with Crippen molar-refractivity contribution in [2.24, 2.45) is 0 Å². The van der Waals surface area contributed by atoms with Crippen molar-refractivity contribution >= 4 is 15.9 Å². The first kappa shape index (κ1) is 5.82. The van der Waals surface area contributed by atoms with Crippen LogP contribution in [-0.2, 0) is 0 Å². The van der Waals surface area contributed by atoms with Gasteiger partial charge in [-0.2, -0.15) is 0 Å². The van der Waals surface area contributed by atoms with Gasteiger partial charge in [0.1, 0.15) is 5.83 Å². The highest BCUT2D eigenvalue weighted by Gasteiger charge is 1.98. The molecule has 0 unspecified atom stereocenters. The quantitative estimate of drug-likeness (QED) is 0.594. The van der Waals surface area contributed by atoms with Crippen LogP contribution in [-0.4, -0.2) is 6.54 Å². The van der Waals surface area contributed by atoms with E-state index in [1.54, 1.807) is 0 Å². The highest BCUT2D eigenvalue weighted by atomic mass is 79.9. The summed E-state index contributed by atoms with van der Waals surface area (Å²) >= 11 is 3.15. The molecule has 0 radical (unpaired) electrons. The van der Waals surface area contributed by atoms with E-state index in [0.717, 1.165) is 4.48 Å². The second kappa shape index (κ2) is 2.31. The summed E-state index contributed by atoms with van der Waals surface area (Å²) in [5, 5.41) is 2.73. The number of dihydropyridines is 1. The first-order chi connectivity index (χ1) is 3.79. The van der Waals surface area contributed by atoms with E-state index in [9.17, 15) is 4.39 Å². The highest BCUT2D eigenvalue weighted by Crippen LogP contribution is 2.11. The van der Waals surface area contributed by atoms with Crippen molar-refractivity contribution in [3.05, 3.63) is 22.6 Å². The largest absolute Gasteiger partial charge is 0.384 e. The van der Waals surface area contributed by atoms with Gasteiger partial charge in [-0.1, -0.05) is 15.9 Å². The highest BCUT2D eigenvalue weighted by molar-refractivity contribution is 9.11. The van der Waals surface area contributed by atoms with Crippen molar-refractivity contribution in [2.45, 2.75) is 0 Å². The Hall–Kier alpha value is -0.310. The molecule has 44 valence electrons. The van der Waals surface area contributed by atoms with Crippen LogP contribution in [0.25, 0.3) is 0 Å². The fraction of sp³-hybridized carbons (Fsp3) is 0.200. The molecule has 0 amide bonds. The molecule has 0 saturated heterocycles. The summed E-state index contributed by atoms with van der Waals surface area (Å²) in [6.07, 6.45) is 2.78. The molecule has 0 fully saturated rings. The van der Waals surface area contributed by atoms with Gasteiger partial charge in [0.15, 0.2) is 0 Å². The van der Waals surface area contributed by atoms with Crippen LogP contribution in [0.15, 0.2) is 22.6 Å². The number of hydrogen-bond donors (Lipinski definition) is 1. The summed E-state index contributed by atoms with van der Waals surface area (Å²) in [6.45, 7) is 0.688. The van der Waals surface area contributed by atoms with Gasteiger partial charge in [-0.25, -0.2) is 4.39 Å². The van der Waals surface area contributed by atoms with Crippen molar-refractivity contribution < 1.29 is 4.39 Å². The van der Waals surface area contributed by atoms with E-state index < -0.39 is 0 Å². The molecule has 0 atom stereocenters. The molecule has 0 saturated carbocycles. The lowest BCUT2D eigenvalue weighted by Crippen LogP contribution is -2.10. The van der Waals surface area contributed by atoms with Crippen LogP contribution in [0.3, 0.4) is 0 Å². The third-order valence-corrected chi connectivity index (χ3v) is 1.31. The summed E-state index contributed by atoms with van der Waals surface area (Å²) < 4.78 is 13.0. The molecule has 1 heterocycles. The average Bonchev–Trinajstić information content (AvgIpc) is 1.64. The molecule has 1 N–H and O–H groups in total. The molecular weight excluding hydrogens is 173 g/mol. The van der Waals surface area contributed by atoms with E-state index in [0.29, 0.717) is 6.54 Å². The first-order valence-corrected chi connectivity index (χ1v) is 3.03. The second-order valence-corrected chi connectivity index (χ2v) is 2.52. The maximum atomic E-state index is 12.1. The lowest BCUT2D eigenvalue weighted by Gasteiger charge is -2.03. The SMILES string of the molecule is FC1=CNCC(Br)=C1. The molecule has 3 heteroatoms. The van der Waals surface area contributed by atoms with E-state index in [2.05, 4.69) is 21.2 Å². The van der Waals surface area contributed by atoms with E-state index in [-0.39, 0.29) is 5.83 Å². The molecule has 0 bridgehead atoms. The van der Waals surface area contributed by atoms with Gasteiger partial charge >= 0.3 is 0 Å². The summed E-state index contributed by atoms with van der Waals surface area (Å²) in [5.74, 6) is -0.233. The monoisotopic (exact) mass is 177 g/mol. The Morgan fingerprint density at radius 1 is 1.75 bits per heavy atom. The molecule has 1 nitrogen and oxygen atoms in total. The van der Waals surface area contributed by atoms with Gasteiger partial charge in [0, 0.05) is 17.2 Å². The Morgan fingerprint density at radius 2 is 2.50 bits per heavy atom. The minimum Gasteiger partial charge on any atom is -0.384 e. The van der Waals surface area contributed by atoms with Crippen LogP contribution >= 0.6 is 15.9 Å². The van der Waals surface area contributed by atoms with Crippen molar-refractivity contribution in [3.8, 4) is 0 Å². The molecule has 0 aromatic rings. The van der Waals surface area contributed by atoms with Gasteiger partial charge in [0.25, 0.3) is 0 Å². The first-order valence-electron chi connectivity index (χ1n) is 2.24. The zero-order chi connectivity index (χ0) is 5.98. The third kappa shape index (κ3) is 1.33. The van der Waals surface area contributed by atoms with Crippen LogP contribution in [0.4, 0.5) is 4.39 Å². The van der Waals surface area contributed by atoms with Gasteiger partial charge in [0.2, 0.25) is 0 Å². The topological polar surface area (TPSA) is 12.0 Å². The number of nitrogens with one attached hydrogen (secondary N) is 1. The molecule has 0 aromatic heterocycles. The summed E-state index contributed by atoms with van der Waals surface area (Å²) in [6, 6.07) is 0. The van der Waals surface area contributed by atoms with Crippen LogP contribution < -0.4 is 5.32 Å². The third-order valence-electron chi connectivity index (χ3n) is 0.805. The van der Waals surface area contributed by atoms with Gasteiger partial charge in [0.05, 0.1) is 0 Å². The average molecular weight is 178 g/mol. The predicted octanol–water partition coefficient (Wildman–Crippen LogP) is 1.68. The summed E-state index contributed by atoms with van der Waals surface area (Å²) in [5.41, 5.74) is 0. The maximum absolute atomic E-state index is 12.1. The van der Waals surface area contributed by atoms with Crippen LogP contribution in [0.5, 0.6) is 0 Å². The smallest absolute Gasteiger partial charge is 0.139 e. The lowest BCUT2D eigenvalue weighted by atomic mass is 10.4. The standard InChI is InChI=1S/C5H5BrFN/c6-4-1-5(7)3-8-2-4/h1,3,8H,2H2. The fourth-order valence-electron chi connectivity index (χ4n) is 0.488. The normalized spacial score (nSPS) is 18.8. The Morgan fingerprint density at radius 3 is 2.88 bits per heavy atom. The fourth-order valence-corrected chi connectivity index (χ4v) is 0.869. The van der Waals surface area contributed by atoms with E-state index >= 15 is 0 Å². The Balaban J connectivity index is 2.69. The Labute approximate surface area is 55.4 Å². The molecule has 0 aliphatic carbocycles. The summed E-state index contributed by atoms with van der Waals surface area (Å²) in [7, 11) is 0. The number of halogens is 2. The van der Waals surface area contributed by atoms with Crippen molar-refractivity contribution in [1.29, 1.82) is 0 Å². The van der Waals surface area contributed by atoms with Gasteiger partial charge in [-0.05, 0) is 6.08 Å². The van der Waals surface area contributed by atoms with Gasteiger partial charge < -0.3 is 5.32 Å². The molecule has 0 aromatic carbocycles. The minimum absolute atomic E-state index is 0.233. The van der Waals surface area contributed by atoms with Gasteiger partial charge in [-0.3, -0.25) is 0 Å². The zero-order valence-corrected chi connectivity index (χ0v) is 5.70. The molecular formula is C5H5BrFN. The van der Waals surface area contributed by atoms with Crippen molar-refractivity contribution in [1.82, 2.24) is 5.32 Å². The van der Waals surface area contributed by atoms with E-state index in [4.69, 9.17) is 0 Å². The Kier molecular flexibility index (Phi) is 1.68. The molecule has 1 rings (SSSR count). The van der Waals surface area contributed by atoms with Crippen LogP contribution in [0.1, 0.15) is 0 Å². The number of rotatable bonds is 0. The Bertz CT molecular complexity index is 151. The predicted molar refractivity (Wildman–Crippen MR) is 34.2 cm³/mol. The molecule has 1 aliphatic heterocycles. The number of allylic oxidation sites excluding steroid dienone is 2. The lowest BCUT2D eigenvalue weighted by molar-refractivity contribution is 0.646. The maximum Gasteiger partial charge on any atom is 0.139 e. The second-order valence-electron chi connectivity index (χ2n) is 1.50. The van der Waals surface area contributed by atoms with Crippen LogP contribution in [0, 0.1) is 0 Å². The molecule has 0 spiro atoms. The van der Waals surface area contributed by atoms with Crippen molar-refractivity contribution in [3.63, 3.8) is 0 Å². The summed E-state index contributed by atoms with van der Waals surface area (Å²) in [4.78, 5) is 0. The van der Waals surface area contributed by atoms with Crippen molar-refractivity contribution in [2.75, 3.05) is 6.54 Å². The molecule has 1 aliphatic rings. The molecule has 8 heavy (non-hydrogen) atoms. The number of hydrogen-bond acceptors (Lipinski definition) is 1.